The van der Waals surface area contributed by atoms with Crippen LogP contribution < -0.4 is 16.4 Å². The van der Waals surface area contributed by atoms with E-state index in [-0.39, 0.29) is 17.9 Å². The van der Waals surface area contributed by atoms with Crippen molar-refractivity contribution in [2.75, 3.05) is 22.9 Å². The second-order valence-corrected chi connectivity index (χ2v) is 7.31. The maximum absolute atomic E-state index is 14.6. The molecule has 0 saturated heterocycles. The number of rotatable bonds is 9. The third-order valence-corrected chi connectivity index (χ3v) is 4.99. The number of benzene rings is 3. The Bertz CT molecular complexity index is 971. The Labute approximate surface area is 179 Å². The van der Waals surface area contributed by atoms with Crippen LogP contribution in [0.5, 0.6) is 0 Å². The zero-order valence-electron chi connectivity index (χ0n) is 17.0. The van der Waals surface area contributed by atoms with Crippen molar-refractivity contribution in [1.29, 1.82) is 0 Å². The van der Waals surface area contributed by atoms with Gasteiger partial charge < -0.3 is 16.4 Å². The van der Waals surface area contributed by atoms with Crippen LogP contribution in [0.15, 0.2) is 66.7 Å². The largest absolute Gasteiger partial charge is 0.416 e. The minimum Gasteiger partial charge on any atom is -0.395 e. The first kappa shape index (κ1) is 22.5. The van der Waals surface area contributed by atoms with Gasteiger partial charge in [-0.25, -0.2) is 4.39 Å². The predicted octanol–water partition coefficient (Wildman–Crippen LogP) is 6.47. The number of anilines is 3. The maximum atomic E-state index is 14.6. The Morgan fingerprint density at radius 3 is 2.10 bits per heavy atom. The number of unbranched alkanes of at least 4 members (excludes halogenated alkanes) is 1. The van der Waals surface area contributed by atoms with Gasteiger partial charge in [0.05, 0.1) is 22.6 Å². The monoisotopic (exact) mass is 431 g/mol. The van der Waals surface area contributed by atoms with E-state index in [0.717, 1.165) is 31.4 Å². The van der Waals surface area contributed by atoms with Crippen molar-refractivity contribution in [3.8, 4) is 0 Å². The van der Waals surface area contributed by atoms with Gasteiger partial charge in [0.1, 0.15) is 0 Å². The number of hydrogen-bond donors (Lipinski definition) is 3. The van der Waals surface area contributed by atoms with E-state index in [1.165, 1.54) is 17.7 Å². The number of halogens is 4. The molecular formula is C24H25F4N3. The van der Waals surface area contributed by atoms with Crippen LogP contribution in [0.2, 0.25) is 0 Å². The molecule has 7 heteroatoms. The van der Waals surface area contributed by atoms with E-state index in [4.69, 9.17) is 5.73 Å². The van der Waals surface area contributed by atoms with Crippen molar-refractivity contribution in [2.45, 2.75) is 32.0 Å². The fraction of sp³-hybridized carbons (Fsp3) is 0.250. The van der Waals surface area contributed by atoms with Crippen molar-refractivity contribution in [3.05, 3.63) is 89.2 Å². The maximum Gasteiger partial charge on any atom is 0.416 e. The van der Waals surface area contributed by atoms with Crippen LogP contribution in [-0.4, -0.2) is 6.54 Å². The SMILES string of the molecule is Nc1c(NCCCCc2ccccc2)ccc(NCc2ccc(C(F)(F)F)cc2)c1F. The van der Waals surface area contributed by atoms with Gasteiger partial charge in [0.25, 0.3) is 0 Å². The molecule has 4 N–H and O–H groups in total. The molecule has 0 saturated carbocycles. The second-order valence-electron chi connectivity index (χ2n) is 7.31. The zero-order valence-corrected chi connectivity index (χ0v) is 17.0. The average Bonchev–Trinajstić information content (AvgIpc) is 2.76. The van der Waals surface area contributed by atoms with Crippen LogP contribution >= 0.6 is 0 Å². The Kier molecular flexibility index (Phi) is 7.39. The summed E-state index contributed by atoms with van der Waals surface area (Å²) >= 11 is 0. The summed E-state index contributed by atoms with van der Waals surface area (Å²) in [5.74, 6) is -0.582. The van der Waals surface area contributed by atoms with Crippen molar-refractivity contribution in [1.82, 2.24) is 0 Å². The molecule has 0 atom stereocenters. The van der Waals surface area contributed by atoms with Gasteiger partial charge in [0.15, 0.2) is 5.82 Å². The smallest absolute Gasteiger partial charge is 0.395 e. The Morgan fingerprint density at radius 1 is 0.742 bits per heavy atom. The number of nitrogens with one attached hydrogen (secondary N) is 2. The van der Waals surface area contributed by atoms with Gasteiger partial charge in [-0.2, -0.15) is 13.2 Å². The Hall–Kier alpha value is -3.22. The van der Waals surface area contributed by atoms with Crippen LogP contribution in [0.1, 0.15) is 29.5 Å². The molecule has 3 aromatic carbocycles. The number of nitrogens with two attached hydrogens (primary N) is 1. The highest BCUT2D eigenvalue weighted by Crippen LogP contribution is 2.30. The lowest BCUT2D eigenvalue weighted by atomic mass is 10.1. The molecule has 0 aromatic heterocycles. The molecule has 0 spiro atoms. The fourth-order valence-corrected chi connectivity index (χ4v) is 3.21. The van der Waals surface area contributed by atoms with Crippen LogP contribution in [0, 0.1) is 5.82 Å². The minimum atomic E-state index is -4.38. The summed E-state index contributed by atoms with van der Waals surface area (Å²) in [5, 5.41) is 6.05. The molecule has 0 fully saturated rings. The molecule has 0 amide bonds. The van der Waals surface area contributed by atoms with E-state index in [2.05, 4.69) is 22.8 Å². The Morgan fingerprint density at radius 2 is 1.42 bits per heavy atom. The molecule has 3 rings (SSSR count). The third kappa shape index (κ3) is 6.38. The molecule has 3 aromatic rings. The van der Waals surface area contributed by atoms with E-state index in [9.17, 15) is 17.6 Å². The lowest BCUT2D eigenvalue weighted by Crippen LogP contribution is -2.09. The summed E-state index contributed by atoms with van der Waals surface area (Å²) in [6, 6.07) is 18.2. The van der Waals surface area contributed by atoms with Gasteiger partial charge in [0.2, 0.25) is 0 Å². The molecule has 0 heterocycles. The fourth-order valence-electron chi connectivity index (χ4n) is 3.21. The average molecular weight is 431 g/mol. The number of nitrogen functional groups attached to an aromatic ring is 1. The summed E-state index contributed by atoms with van der Waals surface area (Å²) in [4.78, 5) is 0. The highest BCUT2D eigenvalue weighted by Gasteiger charge is 2.29. The lowest BCUT2D eigenvalue weighted by molar-refractivity contribution is -0.137. The van der Waals surface area contributed by atoms with Crippen LogP contribution in [-0.2, 0) is 19.1 Å². The van der Waals surface area contributed by atoms with E-state index in [1.807, 2.05) is 18.2 Å². The molecular weight excluding hydrogens is 406 g/mol. The van der Waals surface area contributed by atoms with E-state index < -0.39 is 17.6 Å². The number of aryl methyl sites for hydroxylation is 1. The second kappa shape index (κ2) is 10.2. The van der Waals surface area contributed by atoms with Crippen LogP contribution in [0.25, 0.3) is 0 Å². The first-order valence-corrected chi connectivity index (χ1v) is 10.1. The third-order valence-electron chi connectivity index (χ3n) is 4.99. The minimum absolute atomic E-state index is 0.0143. The first-order valence-electron chi connectivity index (χ1n) is 10.1. The molecule has 164 valence electrons. The summed E-state index contributed by atoms with van der Waals surface area (Å²) < 4.78 is 52.5. The van der Waals surface area contributed by atoms with Gasteiger partial charge in [0, 0.05) is 13.1 Å². The van der Waals surface area contributed by atoms with Gasteiger partial charge in [-0.3, -0.25) is 0 Å². The molecule has 0 aliphatic rings. The van der Waals surface area contributed by atoms with Gasteiger partial charge in [-0.15, -0.1) is 0 Å². The van der Waals surface area contributed by atoms with Gasteiger partial charge in [-0.05, 0) is 54.7 Å². The van der Waals surface area contributed by atoms with E-state index in [1.54, 1.807) is 12.1 Å². The summed E-state index contributed by atoms with van der Waals surface area (Å²) in [6.45, 7) is 0.857. The van der Waals surface area contributed by atoms with Crippen molar-refractivity contribution in [2.24, 2.45) is 0 Å². The van der Waals surface area contributed by atoms with E-state index >= 15 is 0 Å². The van der Waals surface area contributed by atoms with Crippen molar-refractivity contribution < 1.29 is 17.6 Å². The predicted molar refractivity (Wildman–Crippen MR) is 117 cm³/mol. The number of alkyl halides is 3. The number of hydrogen-bond acceptors (Lipinski definition) is 3. The topological polar surface area (TPSA) is 50.1 Å². The van der Waals surface area contributed by atoms with Crippen molar-refractivity contribution in [3.63, 3.8) is 0 Å². The molecule has 3 nitrogen and oxygen atoms in total. The first-order chi connectivity index (χ1) is 14.8. The Balaban J connectivity index is 1.49. The molecule has 0 bridgehead atoms. The van der Waals surface area contributed by atoms with E-state index in [0.29, 0.717) is 17.8 Å². The van der Waals surface area contributed by atoms with Crippen molar-refractivity contribution >= 4 is 17.1 Å². The highest BCUT2D eigenvalue weighted by atomic mass is 19.4. The molecule has 0 aliphatic heterocycles. The molecule has 31 heavy (non-hydrogen) atoms. The quantitative estimate of drug-likeness (QED) is 0.207. The molecule has 0 unspecified atom stereocenters. The lowest BCUT2D eigenvalue weighted by Gasteiger charge is -2.14. The normalized spacial score (nSPS) is 11.4. The summed E-state index contributed by atoms with van der Waals surface area (Å²) in [5.41, 5.74) is 7.84. The van der Waals surface area contributed by atoms with Gasteiger partial charge >= 0.3 is 6.18 Å². The van der Waals surface area contributed by atoms with Crippen LogP contribution in [0.3, 0.4) is 0 Å². The van der Waals surface area contributed by atoms with Gasteiger partial charge in [-0.1, -0.05) is 42.5 Å². The summed E-state index contributed by atoms with van der Waals surface area (Å²) in [6.07, 6.45) is -1.47. The molecule has 0 aliphatic carbocycles. The standard InChI is InChI=1S/C24H25F4N3/c25-22-20(31-16-18-9-11-19(12-10-18)24(26,27)28)13-14-21(23(22)29)30-15-5-4-8-17-6-2-1-3-7-17/h1-3,6-7,9-14,30-31H,4-5,8,15-16,29H2. The summed E-state index contributed by atoms with van der Waals surface area (Å²) in [7, 11) is 0. The highest BCUT2D eigenvalue weighted by molar-refractivity contribution is 5.72. The van der Waals surface area contributed by atoms with Crippen LogP contribution in [0.4, 0.5) is 34.6 Å². The molecule has 0 radical (unpaired) electrons. The zero-order chi connectivity index (χ0) is 22.3.